The van der Waals surface area contributed by atoms with Crippen molar-refractivity contribution < 1.29 is 9.50 Å². The summed E-state index contributed by atoms with van der Waals surface area (Å²) in [6, 6.07) is 6.64. The molecule has 0 aliphatic carbocycles. The smallest absolute Gasteiger partial charge is 0.126 e. The maximum absolute atomic E-state index is 13.2. The average molecular weight is 248 g/mol. The van der Waals surface area contributed by atoms with Crippen molar-refractivity contribution in [3.8, 4) is 0 Å². The summed E-state index contributed by atoms with van der Waals surface area (Å²) in [5.41, 5.74) is 3.16. The van der Waals surface area contributed by atoms with Crippen LogP contribution >= 0.6 is 0 Å². The maximum Gasteiger partial charge on any atom is 0.126 e. The van der Waals surface area contributed by atoms with Crippen LogP contribution in [0.15, 0.2) is 24.3 Å². The molecular formula is C14H17FN2O. The van der Waals surface area contributed by atoms with E-state index >= 15 is 0 Å². The second-order valence-corrected chi connectivity index (χ2v) is 4.63. The maximum atomic E-state index is 13.2. The molecule has 0 aliphatic rings. The predicted molar refractivity (Wildman–Crippen MR) is 67.7 cm³/mol. The first kappa shape index (κ1) is 12.8. The van der Waals surface area contributed by atoms with E-state index in [0.717, 1.165) is 17.0 Å². The second kappa shape index (κ2) is 4.90. The van der Waals surface area contributed by atoms with Crippen LogP contribution in [-0.4, -0.2) is 14.9 Å². The zero-order valence-electron chi connectivity index (χ0n) is 10.8. The Morgan fingerprint density at radius 1 is 1.33 bits per heavy atom. The minimum atomic E-state index is -0.640. The van der Waals surface area contributed by atoms with Gasteiger partial charge in [0, 0.05) is 19.2 Å². The van der Waals surface area contributed by atoms with Crippen LogP contribution in [0.25, 0.3) is 0 Å². The molecule has 0 aliphatic heterocycles. The second-order valence-electron chi connectivity index (χ2n) is 4.63. The molecule has 18 heavy (non-hydrogen) atoms. The molecular weight excluding hydrogens is 231 g/mol. The zero-order chi connectivity index (χ0) is 13.3. The highest BCUT2D eigenvalue weighted by molar-refractivity contribution is 5.26. The molecule has 0 spiro atoms. The fourth-order valence-corrected chi connectivity index (χ4v) is 2.05. The predicted octanol–water partition coefficient (Wildman–Crippen LogP) is 2.45. The van der Waals surface area contributed by atoms with Gasteiger partial charge in [-0.3, -0.25) is 4.68 Å². The van der Waals surface area contributed by atoms with Crippen LogP contribution < -0.4 is 0 Å². The molecule has 3 nitrogen and oxygen atoms in total. The van der Waals surface area contributed by atoms with E-state index < -0.39 is 6.10 Å². The first-order valence-corrected chi connectivity index (χ1v) is 5.91. The van der Waals surface area contributed by atoms with Crippen molar-refractivity contribution >= 4 is 0 Å². The molecule has 2 rings (SSSR count). The summed E-state index contributed by atoms with van der Waals surface area (Å²) in [5.74, 6) is -0.248. The van der Waals surface area contributed by atoms with Gasteiger partial charge in [-0.05, 0) is 37.1 Å². The lowest BCUT2D eigenvalue weighted by Crippen LogP contribution is -2.06. The Balaban J connectivity index is 2.19. The Bertz CT molecular complexity index is 563. The van der Waals surface area contributed by atoms with Gasteiger partial charge in [0.2, 0.25) is 0 Å². The molecule has 0 bridgehead atoms. The van der Waals surface area contributed by atoms with Crippen LogP contribution in [0.3, 0.4) is 0 Å². The lowest BCUT2D eigenvalue weighted by atomic mass is 10.0. The summed E-state index contributed by atoms with van der Waals surface area (Å²) in [6.07, 6.45) is -0.165. The number of aliphatic hydroxyl groups is 1. The third-order valence-corrected chi connectivity index (χ3v) is 3.07. The van der Waals surface area contributed by atoms with E-state index in [1.807, 2.05) is 20.0 Å². The number of rotatable bonds is 3. The standard InChI is InChI=1S/C14H17FN2O/c1-9-6-11(4-5-13(9)15)14(18)8-12-7-10(2)16-17(12)3/h4-7,14,18H,8H2,1-3H3. The largest absolute Gasteiger partial charge is 0.388 e. The van der Waals surface area contributed by atoms with Gasteiger partial charge < -0.3 is 5.11 Å². The quantitative estimate of drug-likeness (QED) is 0.906. The Kier molecular flexibility index (Phi) is 3.48. The average Bonchev–Trinajstić information content (AvgIpc) is 2.61. The van der Waals surface area contributed by atoms with Gasteiger partial charge in [0.15, 0.2) is 0 Å². The molecule has 1 heterocycles. The van der Waals surface area contributed by atoms with Gasteiger partial charge in [-0.1, -0.05) is 12.1 Å². The topological polar surface area (TPSA) is 38.0 Å². The lowest BCUT2D eigenvalue weighted by molar-refractivity contribution is 0.175. The monoisotopic (exact) mass is 248 g/mol. The molecule has 0 fully saturated rings. The first-order valence-electron chi connectivity index (χ1n) is 5.91. The van der Waals surface area contributed by atoms with E-state index in [2.05, 4.69) is 5.10 Å². The summed E-state index contributed by atoms with van der Waals surface area (Å²) in [5, 5.41) is 14.4. The Morgan fingerprint density at radius 3 is 2.61 bits per heavy atom. The number of hydrogen-bond acceptors (Lipinski definition) is 2. The van der Waals surface area contributed by atoms with E-state index in [4.69, 9.17) is 0 Å². The summed E-state index contributed by atoms with van der Waals surface area (Å²) in [6.45, 7) is 3.61. The normalized spacial score (nSPS) is 12.7. The minimum Gasteiger partial charge on any atom is -0.388 e. The molecule has 0 saturated carbocycles. The molecule has 1 aromatic heterocycles. The van der Waals surface area contributed by atoms with Crippen molar-refractivity contribution in [1.29, 1.82) is 0 Å². The lowest BCUT2D eigenvalue weighted by Gasteiger charge is -2.12. The van der Waals surface area contributed by atoms with Crippen LogP contribution in [0.1, 0.15) is 28.6 Å². The van der Waals surface area contributed by atoms with Crippen LogP contribution in [0.2, 0.25) is 0 Å². The van der Waals surface area contributed by atoms with E-state index in [-0.39, 0.29) is 5.82 Å². The van der Waals surface area contributed by atoms with Gasteiger partial charge in [0.1, 0.15) is 5.82 Å². The first-order chi connectivity index (χ1) is 8.47. The number of aromatic nitrogens is 2. The summed E-state index contributed by atoms with van der Waals surface area (Å²) in [4.78, 5) is 0. The van der Waals surface area contributed by atoms with E-state index in [1.54, 1.807) is 23.7 Å². The van der Waals surface area contributed by atoms with Crippen molar-refractivity contribution in [1.82, 2.24) is 9.78 Å². The molecule has 2 aromatic rings. The highest BCUT2D eigenvalue weighted by Gasteiger charge is 2.13. The Hall–Kier alpha value is -1.68. The van der Waals surface area contributed by atoms with Crippen molar-refractivity contribution in [2.75, 3.05) is 0 Å². The number of benzene rings is 1. The van der Waals surface area contributed by atoms with Crippen LogP contribution in [0.4, 0.5) is 4.39 Å². The molecule has 0 saturated heterocycles. The number of hydrogen-bond donors (Lipinski definition) is 1. The molecule has 4 heteroatoms. The molecule has 96 valence electrons. The number of aryl methyl sites for hydroxylation is 3. The number of halogens is 1. The molecule has 0 amide bonds. The third-order valence-electron chi connectivity index (χ3n) is 3.07. The fourth-order valence-electron chi connectivity index (χ4n) is 2.05. The summed E-state index contributed by atoms with van der Waals surface area (Å²) in [7, 11) is 1.85. The van der Waals surface area contributed by atoms with Gasteiger partial charge in [0.05, 0.1) is 11.8 Å². The van der Waals surface area contributed by atoms with E-state index in [1.165, 1.54) is 6.07 Å². The summed E-state index contributed by atoms with van der Waals surface area (Å²) < 4.78 is 14.9. The van der Waals surface area contributed by atoms with Gasteiger partial charge in [-0.25, -0.2) is 4.39 Å². The third kappa shape index (κ3) is 2.59. The molecule has 1 unspecified atom stereocenters. The molecule has 0 radical (unpaired) electrons. The highest BCUT2D eigenvalue weighted by Crippen LogP contribution is 2.20. The van der Waals surface area contributed by atoms with Crippen LogP contribution in [0, 0.1) is 19.7 Å². The Morgan fingerprint density at radius 2 is 2.06 bits per heavy atom. The molecule has 1 aromatic carbocycles. The number of nitrogens with zero attached hydrogens (tertiary/aromatic N) is 2. The van der Waals surface area contributed by atoms with Gasteiger partial charge in [-0.15, -0.1) is 0 Å². The SMILES string of the molecule is Cc1cc(CC(O)c2ccc(F)c(C)c2)n(C)n1. The summed E-state index contributed by atoms with van der Waals surface area (Å²) >= 11 is 0. The molecule has 1 atom stereocenters. The van der Waals surface area contributed by atoms with Crippen molar-refractivity contribution in [2.24, 2.45) is 7.05 Å². The zero-order valence-corrected chi connectivity index (χ0v) is 10.8. The van der Waals surface area contributed by atoms with E-state index in [9.17, 15) is 9.50 Å². The number of aliphatic hydroxyl groups excluding tert-OH is 1. The Labute approximate surface area is 106 Å². The van der Waals surface area contributed by atoms with Crippen LogP contribution in [0.5, 0.6) is 0 Å². The minimum absolute atomic E-state index is 0.248. The van der Waals surface area contributed by atoms with Crippen molar-refractivity contribution in [3.05, 3.63) is 52.6 Å². The van der Waals surface area contributed by atoms with Gasteiger partial charge in [-0.2, -0.15) is 5.10 Å². The van der Waals surface area contributed by atoms with Crippen LogP contribution in [-0.2, 0) is 13.5 Å². The fraction of sp³-hybridized carbons (Fsp3) is 0.357. The van der Waals surface area contributed by atoms with Gasteiger partial charge >= 0.3 is 0 Å². The van der Waals surface area contributed by atoms with Crippen molar-refractivity contribution in [3.63, 3.8) is 0 Å². The molecule has 1 N–H and O–H groups in total. The van der Waals surface area contributed by atoms with Gasteiger partial charge in [0.25, 0.3) is 0 Å². The van der Waals surface area contributed by atoms with E-state index in [0.29, 0.717) is 12.0 Å². The van der Waals surface area contributed by atoms with Crippen molar-refractivity contribution in [2.45, 2.75) is 26.4 Å². The highest BCUT2D eigenvalue weighted by atomic mass is 19.1.